The maximum absolute atomic E-state index is 12.6. The van der Waals surface area contributed by atoms with Crippen LogP contribution in [-0.4, -0.2) is 60.2 Å². The third-order valence-corrected chi connectivity index (χ3v) is 7.08. The highest BCUT2D eigenvalue weighted by Gasteiger charge is 2.22. The lowest BCUT2D eigenvalue weighted by Crippen LogP contribution is -2.37. The second kappa shape index (κ2) is 9.64. The summed E-state index contributed by atoms with van der Waals surface area (Å²) >= 11 is 0. The Bertz CT molecular complexity index is 1420. The van der Waals surface area contributed by atoms with Gasteiger partial charge in [-0.1, -0.05) is 42.5 Å². The van der Waals surface area contributed by atoms with Gasteiger partial charge in [0.05, 0.1) is 30.0 Å². The van der Waals surface area contributed by atoms with Crippen molar-refractivity contribution in [3.05, 3.63) is 76.7 Å². The van der Waals surface area contributed by atoms with E-state index < -0.39 is 0 Å². The van der Waals surface area contributed by atoms with E-state index in [4.69, 9.17) is 9.72 Å². The number of rotatable bonds is 5. The van der Waals surface area contributed by atoms with Crippen molar-refractivity contribution in [3.63, 3.8) is 0 Å². The van der Waals surface area contributed by atoms with E-state index in [1.807, 2.05) is 12.3 Å². The first-order valence-corrected chi connectivity index (χ1v) is 12.5. The molecule has 0 unspecified atom stereocenters. The van der Waals surface area contributed by atoms with E-state index in [-0.39, 0.29) is 5.91 Å². The molecule has 178 valence electrons. The van der Waals surface area contributed by atoms with Crippen molar-refractivity contribution >= 4 is 39.7 Å². The predicted molar refractivity (Wildman–Crippen MR) is 141 cm³/mol. The van der Waals surface area contributed by atoms with E-state index in [1.54, 1.807) is 0 Å². The van der Waals surface area contributed by atoms with Gasteiger partial charge in [-0.15, -0.1) is 0 Å². The maximum atomic E-state index is 12.6. The molecule has 0 atom stereocenters. The Morgan fingerprint density at radius 1 is 1.06 bits per heavy atom. The number of benzene rings is 2. The number of amides is 1. The fourth-order valence-electron chi connectivity index (χ4n) is 5.15. The molecule has 2 N–H and O–H groups in total. The van der Waals surface area contributed by atoms with Gasteiger partial charge in [-0.05, 0) is 47.9 Å². The smallest absolute Gasteiger partial charge is 0.253 e. The van der Waals surface area contributed by atoms with Crippen molar-refractivity contribution in [1.29, 1.82) is 0 Å². The summed E-state index contributed by atoms with van der Waals surface area (Å²) < 4.78 is 5.45. The second-order valence-corrected chi connectivity index (χ2v) is 9.43. The molecule has 2 aromatic heterocycles. The molecule has 4 heterocycles. The topological polar surface area (TPSA) is 70.2 Å². The van der Waals surface area contributed by atoms with Gasteiger partial charge < -0.3 is 15.0 Å². The molecule has 0 saturated carbocycles. The number of hydrogen-bond acceptors (Lipinski definition) is 4. The quantitative estimate of drug-likeness (QED) is 0.456. The van der Waals surface area contributed by atoms with Crippen molar-refractivity contribution in [1.82, 2.24) is 20.2 Å². The highest BCUT2D eigenvalue weighted by molar-refractivity contribution is 6.15. The maximum Gasteiger partial charge on any atom is 0.253 e. The average molecular weight is 467 g/mol. The van der Waals surface area contributed by atoms with E-state index in [9.17, 15) is 4.79 Å². The largest absolute Gasteiger partial charge is 0.379 e. The van der Waals surface area contributed by atoms with Crippen molar-refractivity contribution in [3.8, 4) is 0 Å². The molecular weight excluding hydrogens is 436 g/mol. The van der Waals surface area contributed by atoms with Gasteiger partial charge >= 0.3 is 0 Å². The molecule has 0 spiro atoms. The van der Waals surface area contributed by atoms with Crippen LogP contribution in [0.25, 0.3) is 33.8 Å². The van der Waals surface area contributed by atoms with Crippen LogP contribution in [0.2, 0.25) is 0 Å². The summed E-state index contributed by atoms with van der Waals surface area (Å²) in [6.45, 7) is 5.51. The monoisotopic (exact) mass is 466 g/mol. The van der Waals surface area contributed by atoms with Gasteiger partial charge in [0.1, 0.15) is 0 Å². The lowest BCUT2D eigenvalue weighted by Gasteiger charge is -2.26. The number of morpholine rings is 1. The number of pyridine rings is 1. The summed E-state index contributed by atoms with van der Waals surface area (Å²) in [6, 6.07) is 15.0. The number of hydrogen-bond donors (Lipinski definition) is 2. The number of nitrogens with zero attached hydrogens (tertiary/aromatic N) is 2. The summed E-state index contributed by atoms with van der Waals surface area (Å²) in [4.78, 5) is 23.4. The second-order valence-electron chi connectivity index (χ2n) is 9.43. The first kappa shape index (κ1) is 22.0. The molecule has 6 nitrogen and oxygen atoms in total. The summed E-state index contributed by atoms with van der Waals surface area (Å²) in [7, 11) is 0. The van der Waals surface area contributed by atoms with Gasteiger partial charge in [-0.2, -0.15) is 0 Å². The number of H-pyrrole nitrogens is 1. The third kappa shape index (κ3) is 4.59. The van der Waals surface area contributed by atoms with Gasteiger partial charge in [0.2, 0.25) is 0 Å². The van der Waals surface area contributed by atoms with Crippen LogP contribution in [-0.2, 0) is 17.6 Å². The molecule has 2 aliphatic rings. The summed E-state index contributed by atoms with van der Waals surface area (Å²) in [5.74, 6) is -0.00420. The number of ether oxygens (including phenoxy) is 1. The zero-order chi connectivity index (χ0) is 23.6. The Labute approximate surface area is 205 Å². The van der Waals surface area contributed by atoms with Gasteiger partial charge in [-0.3, -0.25) is 14.7 Å². The number of fused-ring (bicyclic) bond motifs is 5. The van der Waals surface area contributed by atoms with Crippen LogP contribution in [0.15, 0.2) is 48.7 Å². The molecule has 35 heavy (non-hydrogen) atoms. The summed E-state index contributed by atoms with van der Waals surface area (Å²) in [5.41, 5.74) is 6.12. The van der Waals surface area contributed by atoms with Gasteiger partial charge in [0.25, 0.3) is 5.91 Å². The molecule has 0 bridgehead atoms. The van der Waals surface area contributed by atoms with Gasteiger partial charge in [-0.25, -0.2) is 0 Å². The Balaban J connectivity index is 1.26. The average Bonchev–Trinajstić information content (AvgIpc) is 3.18. The minimum absolute atomic E-state index is 0.00420. The van der Waals surface area contributed by atoms with Crippen LogP contribution in [0, 0.1) is 0 Å². The zero-order valence-corrected chi connectivity index (χ0v) is 19.8. The summed E-state index contributed by atoms with van der Waals surface area (Å²) in [5, 5.41) is 6.11. The normalized spacial score (nSPS) is 17.1. The Hall–Kier alpha value is -3.48. The van der Waals surface area contributed by atoms with Crippen LogP contribution in [0.1, 0.15) is 39.3 Å². The molecular formula is C29H30N4O2. The van der Waals surface area contributed by atoms with E-state index in [0.29, 0.717) is 6.54 Å². The minimum Gasteiger partial charge on any atom is -0.379 e. The van der Waals surface area contributed by atoms with Gasteiger partial charge in [0, 0.05) is 48.8 Å². The highest BCUT2D eigenvalue weighted by Crippen LogP contribution is 2.31. The molecule has 6 heteroatoms. The molecule has 2 aromatic carbocycles. The molecule has 4 aromatic rings. The predicted octanol–water partition coefficient (Wildman–Crippen LogP) is 4.44. The zero-order valence-electron chi connectivity index (χ0n) is 19.8. The number of aromatic nitrogens is 2. The van der Waals surface area contributed by atoms with E-state index in [2.05, 4.69) is 63.8 Å². The molecule has 1 fully saturated rings. The molecule has 1 saturated heterocycles. The Morgan fingerprint density at radius 3 is 2.89 bits per heavy atom. The van der Waals surface area contributed by atoms with Crippen LogP contribution in [0.4, 0.5) is 0 Å². The molecule has 6 rings (SSSR count). The molecule has 1 amide bonds. The van der Waals surface area contributed by atoms with Crippen molar-refractivity contribution in [2.45, 2.75) is 19.3 Å². The van der Waals surface area contributed by atoms with Crippen LogP contribution < -0.4 is 5.32 Å². The molecule has 0 radical (unpaired) electrons. The Kier molecular flexibility index (Phi) is 6.06. The molecule has 0 aliphatic carbocycles. The van der Waals surface area contributed by atoms with Crippen molar-refractivity contribution in [2.75, 3.05) is 39.4 Å². The number of nitrogens with one attached hydrogen (secondary N) is 2. The van der Waals surface area contributed by atoms with E-state index in [0.717, 1.165) is 90.7 Å². The van der Waals surface area contributed by atoms with Crippen molar-refractivity contribution < 1.29 is 9.53 Å². The van der Waals surface area contributed by atoms with Crippen LogP contribution >= 0.6 is 0 Å². The van der Waals surface area contributed by atoms with Crippen LogP contribution in [0.5, 0.6) is 0 Å². The molecule has 2 aliphatic heterocycles. The standard InChI is InChI=1S/C29H30N4O2/c34-29-27-24-9-7-22-19-31-23(18-25(22)28(24)32-26(27)5-2-11-30-29)8-6-20-3-1-4-21(17-20)10-12-33-13-15-35-16-14-33/h1,3-4,6-9,17-19,31H,2,5,10-16H2,(H,30,34)/b8-6+. The fraction of sp³-hybridized carbons (Fsp3) is 0.310. The van der Waals surface area contributed by atoms with Crippen LogP contribution in [0.3, 0.4) is 0 Å². The minimum atomic E-state index is -0.00420. The fourth-order valence-corrected chi connectivity index (χ4v) is 5.15. The number of aromatic amines is 1. The summed E-state index contributed by atoms with van der Waals surface area (Å²) in [6.07, 6.45) is 9.08. The van der Waals surface area contributed by atoms with E-state index >= 15 is 0 Å². The third-order valence-electron chi connectivity index (χ3n) is 7.08. The number of carbonyl (C=O) groups excluding carboxylic acids is 1. The SMILES string of the molecule is O=C1NCCCc2nc3c(ccc4c[nH]c(/C=C/c5cccc(CCN6CCOCC6)c5)cc43)c21. The van der Waals surface area contributed by atoms with Crippen molar-refractivity contribution in [2.24, 2.45) is 0 Å². The lowest BCUT2D eigenvalue weighted by molar-refractivity contribution is 0.0384. The van der Waals surface area contributed by atoms with Gasteiger partial charge in [0.15, 0.2) is 0 Å². The first-order chi connectivity index (χ1) is 17.2. The highest BCUT2D eigenvalue weighted by atomic mass is 16.5. The Morgan fingerprint density at radius 2 is 1.97 bits per heavy atom. The first-order valence-electron chi connectivity index (χ1n) is 12.5. The lowest BCUT2D eigenvalue weighted by atomic mass is 10.0. The van der Waals surface area contributed by atoms with E-state index in [1.165, 1.54) is 11.1 Å². The number of carbonyl (C=O) groups is 1. The number of aryl methyl sites for hydroxylation is 1.